The number of thiophene rings is 1. The van der Waals surface area contributed by atoms with E-state index in [1.807, 2.05) is 11.0 Å². The Balaban J connectivity index is 1.65. The molecule has 6 heteroatoms. The number of halogens is 2. The zero-order valence-corrected chi connectivity index (χ0v) is 15.8. The van der Waals surface area contributed by atoms with Crippen LogP contribution in [0.5, 0.6) is 0 Å². The number of carbonyl (C=O) groups excluding carboxylic acids is 1. The fraction of sp³-hybridized carbons (Fsp3) is 0.353. The number of amides is 1. The molecule has 0 radical (unpaired) electrons. The van der Waals surface area contributed by atoms with Gasteiger partial charge in [0, 0.05) is 42.1 Å². The third kappa shape index (κ3) is 4.35. The van der Waals surface area contributed by atoms with Gasteiger partial charge in [0.25, 0.3) is 5.91 Å². The summed E-state index contributed by atoms with van der Waals surface area (Å²) in [6, 6.07) is 9.67. The van der Waals surface area contributed by atoms with Crippen LogP contribution in [0.3, 0.4) is 0 Å². The Hall–Kier alpha value is -0.880. The SMILES string of the molecule is O=C(c1cc(Br)ccc1Cl)N1CCCN(Cc2cccs2)CC1. The first kappa shape index (κ1) is 17.0. The van der Waals surface area contributed by atoms with Crippen LogP contribution in [0.15, 0.2) is 40.2 Å². The molecule has 1 fully saturated rings. The molecule has 1 aromatic heterocycles. The third-order valence-corrected chi connectivity index (χ3v) is 5.68. The highest BCUT2D eigenvalue weighted by atomic mass is 79.9. The Bertz CT molecular complexity index is 677. The monoisotopic (exact) mass is 412 g/mol. The fourth-order valence-electron chi connectivity index (χ4n) is 2.79. The standard InChI is InChI=1S/C17H18BrClN2OS/c18-13-4-5-16(19)15(11-13)17(22)21-7-2-6-20(8-9-21)12-14-3-1-10-23-14/h1,3-5,10-11H,2,6-9,12H2. The minimum atomic E-state index is 0.0225. The summed E-state index contributed by atoms with van der Waals surface area (Å²) in [5.74, 6) is 0.0225. The Kier molecular flexibility index (Phi) is 5.75. The van der Waals surface area contributed by atoms with Gasteiger partial charge in [-0.2, -0.15) is 0 Å². The van der Waals surface area contributed by atoms with Gasteiger partial charge in [-0.3, -0.25) is 9.69 Å². The number of carbonyl (C=O) groups is 1. The van der Waals surface area contributed by atoms with Crippen LogP contribution in [0.25, 0.3) is 0 Å². The first-order valence-electron chi connectivity index (χ1n) is 7.62. The van der Waals surface area contributed by atoms with Crippen molar-refractivity contribution in [3.8, 4) is 0 Å². The van der Waals surface area contributed by atoms with Crippen LogP contribution in [-0.4, -0.2) is 41.9 Å². The minimum Gasteiger partial charge on any atom is -0.337 e. The molecule has 0 bridgehead atoms. The molecule has 2 heterocycles. The lowest BCUT2D eigenvalue weighted by Crippen LogP contribution is -2.35. The van der Waals surface area contributed by atoms with E-state index in [1.165, 1.54) is 4.88 Å². The van der Waals surface area contributed by atoms with E-state index >= 15 is 0 Å². The molecular formula is C17H18BrClN2OS. The molecule has 122 valence electrons. The van der Waals surface area contributed by atoms with Crippen molar-refractivity contribution in [1.82, 2.24) is 9.80 Å². The second-order valence-corrected chi connectivity index (χ2v) is 7.98. The molecule has 3 nitrogen and oxygen atoms in total. The Morgan fingerprint density at radius 1 is 1.22 bits per heavy atom. The smallest absolute Gasteiger partial charge is 0.255 e. The van der Waals surface area contributed by atoms with E-state index in [2.05, 4.69) is 38.3 Å². The van der Waals surface area contributed by atoms with E-state index in [-0.39, 0.29) is 5.91 Å². The molecule has 1 aromatic carbocycles. The largest absolute Gasteiger partial charge is 0.337 e. The molecule has 0 spiro atoms. The predicted octanol–water partition coefficient (Wildman–Crippen LogP) is 4.51. The van der Waals surface area contributed by atoms with E-state index in [4.69, 9.17) is 11.6 Å². The molecule has 2 aromatic rings. The van der Waals surface area contributed by atoms with Gasteiger partial charge in [0.1, 0.15) is 0 Å². The summed E-state index contributed by atoms with van der Waals surface area (Å²) >= 11 is 11.4. The number of nitrogens with zero attached hydrogens (tertiary/aromatic N) is 2. The van der Waals surface area contributed by atoms with Crippen LogP contribution in [0.1, 0.15) is 21.7 Å². The number of rotatable bonds is 3. The highest BCUT2D eigenvalue weighted by Gasteiger charge is 2.22. The van der Waals surface area contributed by atoms with Gasteiger partial charge in [-0.15, -0.1) is 11.3 Å². The second kappa shape index (κ2) is 7.79. The van der Waals surface area contributed by atoms with Crippen molar-refractivity contribution in [1.29, 1.82) is 0 Å². The Morgan fingerprint density at radius 3 is 2.87 bits per heavy atom. The van der Waals surface area contributed by atoms with Crippen LogP contribution < -0.4 is 0 Å². The maximum atomic E-state index is 12.8. The normalized spacial score (nSPS) is 16.3. The second-order valence-electron chi connectivity index (χ2n) is 5.63. The first-order valence-corrected chi connectivity index (χ1v) is 9.67. The zero-order chi connectivity index (χ0) is 16.2. The van der Waals surface area contributed by atoms with E-state index in [1.54, 1.807) is 23.5 Å². The highest BCUT2D eigenvalue weighted by molar-refractivity contribution is 9.10. The lowest BCUT2D eigenvalue weighted by atomic mass is 10.2. The summed E-state index contributed by atoms with van der Waals surface area (Å²) in [5.41, 5.74) is 0.577. The predicted molar refractivity (Wildman–Crippen MR) is 99.3 cm³/mol. The van der Waals surface area contributed by atoms with Crippen LogP contribution in [0.4, 0.5) is 0 Å². The van der Waals surface area contributed by atoms with Crippen LogP contribution in [-0.2, 0) is 6.54 Å². The van der Waals surface area contributed by atoms with Gasteiger partial charge >= 0.3 is 0 Å². The van der Waals surface area contributed by atoms with Gasteiger partial charge in [0.15, 0.2) is 0 Å². The molecule has 23 heavy (non-hydrogen) atoms. The van der Waals surface area contributed by atoms with Crippen molar-refractivity contribution in [2.75, 3.05) is 26.2 Å². The molecule has 0 N–H and O–H groups in total. The summed E-state index contributed by atoms with van der Waals surface area (Å²) < 4.78 is 0.874. The van der Waals surface area contributed by atoms with Gasteiger partial charge in [-0.05, 0) is 36.1 Å². The number of benzene rings is 1. The van der Waals surface area contributed by atoms with E-state index in [9.17, 15) is 4.79 Å². The zero-order valence-electron chi connectivity index (χ0n) is 12.7. The van der Waals surface area contributed by atoms with Crippen molar-refractivity contribution in [2.24, 2.45) is 0 Å². The molecular weight excluding hydrogens is 396 g/mol. The van der Waals surface area contributed by atoms with Gasteiger partial charge in [0.05, 0.1) is 10.6 Å². The van der Waals surface area contributed by atoms with Crippen molar-refractivity contribution < 1.29 is 4.79 Å². The van der Waals surface area contributed by atoms with Crippen LogP contribution in [0, 0.1) is 0 Å². The average molecular weight is 414 g/mol. The summed E-state index contributed by atoms with van der Waals surface area (Å²) in [6.07, 6.45) is 0.989. The van der Waals surface area contributed by atoms with Crippen molar-refractivity contribution in [3.63, 3.8) is 0 Å². The molecule has 3 rings (SSSR count). The molecule has 1 amide bonds. The van der Waals surface area contributed by atoms with Gasteiger partial charge in [0.2, 0.25) is 0 Å². The van der Waals surface area contributed by atoms with Crippen molar-refractivity contribution in [3.05, 3.63) is 55.6 Å². The van der Waals surface area contributed by atoms with Gasteiger partial charge in [-0.25, -0.2) is 0 Å². The van der Waals surface area contributed by atoms with Gasteiger partial charge < -0.3 is 4.90 Å². The van der Waals surface area contributed by atoms with Gasteiger partial charge in [-0.1, -0.05) is 33.6 Å². The number of hydrogen-bond acceptors (Lipinski definition) is 3. The van der Waals surface area contributed by atoms with Crippen LogP contribution >= 0.6 is 38.9 Å². The number of hydrogen-bond donors (Lipinski definition) is 0. The van der Waals surface area contributed by atoms with Crippen molar-refractivity contribution >= 4 is 44.8 Å². The highest BCUT2D eigenvalue weighted by Crippen LogP contribution is 2.23. The summed E-state index contributed by atoms with van der Waals surface area (Å²) in [6.45, 7) is 4.41. The summed E-state index contributed by atoms with van der Waals surface area (Å²) in [7, 11) is 0. The van der Waals surface area contributed by atoms with Crippen molar-refractivity contribution in [2.45, 2.75) is 13.0 Å². The first-order chi connectivity index (χ1) is 11.1. The lowest BCUT2D eigenvalue weighted by Gasteiger charge is -2.22. The molecule has 1 aliphatic heterocycles. The maximum Gasteiger partial charge on any atom is 0.255 e. The van der Waals surface area contributed by atoms with E-state index in [0.717, 1.165) is 43.6 Å². The topological polar surface area (TPSA) is 23.6 Å². The third-order valence-electron chi connectivity index (χ3n) is 3.99. The molecule has 1 aliphatic rings. The molecule has 0 aliphatic carbocycles. The van der Waals surface area contributed by atoms with E-state index < -0.39 is 0 Å². The fourth-order valence-corrected chi connectivity index (χ4v) is 4.09. The quantitative estimate of drug-likeness (QED) is 0.739. The molecule has 0 atom stereocenters. The summed E-state index contributed by atoms with van der Waals surface area (Å²) in [4.78, 5) is 18.5. The average Bonchev–Trinajstić information content (AvgIpc) is 2.94. The molecule has 0 saturated carbocycles. The minimum absolute atomic E-state index is 0.0225. The van der Waals surface area contributed by atoms with Crippen LogP contribution in [0.2, 0.25) is 5.02 Å². The Morgan fingerprint density at radius 2 is 2.09 bits per heavy atom. The summed E-state index contributed by atoms with van der Waals surface area (Å²) in [5, 5.41) is 2.62. The molecule has 1 saturated heterocycles. The van der Waals surface area contributed by atoms with E-state index in [0.29, 0.717) is 10.6 Å². The maximum absolute atomic E-state index is 12.8. The lowest BCUT2D eigenvalue weighted by molar-refractivity contribution is 0.0761. The Labute approximate surface area is 154 Å². The molecule has 0 unspecified atom stereocenters.